The molecule has 1 rings (SSSR count). The number of hydrogen-bond donors (Lipinski definition) is 2. The van der Waals surface area contributed by atoms with Crippen LogP contribution in [0.25, 0.3) is 0 Å². The van der Waals surface area contributed by atoms with Gasteiger partial charge in [-0.25, -0.2) is 0 Å². The van der Waals surface area contributed by atoms with Gasteiger partial charge in [-0.2, -0.15) is 13.2 Å². The van der Waals surface area contributed by atoms with Crippen LogP contribution in [0.5, 0.6) is 0 Å². The van der Waals surface area contributed by atoms with Gasteiger partial charge in [0, 0.05) is 11.0 Å². The Bertz CT molecular complexity index is 540. The van der Waals surface area contributed by atoms with Gasteiger partial charge in [0.05, 0.1) is 12.1 Å². The highest BCUT2D eigenvalue weighted by atomic mass is 19.4. The molecule has 0 amide bonds. The summed E-state index contributed by atoms with van der Waals surface area (Å²) in [6, 6.07) is 5.33. The van der Waals surface area contributed by atoms with Gasteiger partial charge in [-0.1, -0.05) is 32.0 Å². The van der Waals surface area contributed by atoms with E-state index in [4.69, 9.17) is 5.73 Å². The minimum absolute atomic E-state index is 0.214. The number of hydrogen-bond acceptors (Lipinski definition) is 1. The first kappa shape index (κ1) is 18.3. The van der Waals surface area contributed by atoms with Crippen molar-refractivity contribution in [1.82, 2.24) is 5.32 Å². The third-order valence-corrected chi connectivity index (χ3v) is 3.12. The van der Waals surface area contributed by atoms with Gasteiger partial charge in [-0.3, -0.25) is 4.99 Å². The second kappa shape index (κ2) is 6.18. The van der Waals surface area contributed by atoms with E-state index in [1.54, 1.807) is 6.07 Å². The SMILES string of the molecule is CC(C)(C)NC(N)=NCC(C)(C)c1cccc(C(F)(F)F)c1. The molecule has 0 spiro atoms. The second-order valence-corrected chi connectivity index (χ2v) is 7.04. The summed E-state index contributed by atoms with van der Waals surface area (Å²) in [4.78, 5) is 4.25. The summed E-state index contributed by atoms with van der Waals surface area (Å²) in [6.45, 7) is 9.84. The van der Waals surface area contributed by atoms with E-state index in [1.165, 1.54) is 12.1 Å². The minimum atomic E-state index is -4.35. The highest BCUT2D eigenvalue weighted by Gasteiger charge is 2.32. The molecule has 0 fully saturated rings. The lowest BCUT2D eigenvalue weighted by Gasteiger charge is -2.26. The molecule has 0 atom stereocenters. The molecule has 124 valence electrons. The van der Waals surface area contributed by atoms with Crippen molar-refractivity contribution in [3.63, 3.8) is 0 Å². The van der Waals surface area contributed by atoms with Crippen molar-refractivity contribution in [2.24, 2.45) is 10.7 Å². The van der Waals surface area contributed by atoms with E-state index >= 15 is 0 Å². The van der Waals surface area contributed by atoms with Gasteiger partial charge in [0.1, 0.15) is 0 Å². The van der Waals surface area contributed by atoms with E-state index in [0.717, 1.165) is 6.07 Å². The Kier molecular flexibility index (Phi) is 5.15. The highest BCUT2D eigenvalue weighted by Crippen LogP contribution is 2.32. The molecule has 0 heterocycles. The van der Waals surface area contributed by atoms with Gasteiger partial charge in [0.25, 0.3) is 0 Å². The molecule has 6 heteroatoms. The lowest BCUT2D eigenvalue weighted by molar-refractivity contribution is -0.137. The highest BCUT2D eigenvalue weighted by molar-refractivity contribution is 5.78. The van der Waals surface area contributed by atoms with Crippen LogP contribution in [0.1, 0.15) is 45.7 Å². The quantitative estimate of drug-likeness (QED) is 0.660. The zero-order valence-corrected chi connectivity index (χ0v) is 13.7. The van der Waals surface area contributed by atoms with Crippen LogP contribution in [0.4, 0.5) is 13.2 Å². The molecule has 3 N–H and O–H groups in total. The van der Waals surface area contributed by atoms with Crippen LogP contribution in [0, 0.1) is 0 Å². The van der Waals surface area contributed by atoms with Gasteiger partial charge in [-0.05, 0) is 32.4 Å². The Balaban J connectivity index is 2.93. The first-order chi connectivity index (χ1) is 9.81. The van der Waals surface area contributed by atoms with E-state index < -0.39 is 17.2 Å². The third kappa shape index (κ3) is 5.58. The topological polar surface area (TPSA) is 50.4 Å². The molecule has 0 aliphatic rings. The van der Waals surface area contributed by atoms with Crippen LogP contribution in [0.15, 0.2) is 29.3 Å². The number of alkyl halides is 3. The molecular weight excluding hydrogens is 291 g/mol. The maximum atomic E-state index is 12.8. The fourth-order valence-corrected chi connectivity index (χ4v) is 1.91. The normalized spacial score (nSPS) is 14.1. The Morgan fingerprint density at radius 2 is 1.64 bits per heavy atom. The molecule has 3 nitrogen and oxygen atoms in total. The fraction of sp³-hybridized carbons (Fsp3) is 0.562. The number of guanidine groups is 1. The average molecular weight is 315 g/mol. The van der Waals surface area contributed by atoms with Crippen LogP contribution in [0.3, 0.4) is 0 Å². The lowest BCUT2D eigenvalue weighted by Crippen LogP contribution is -2.45. The van der Waals surface area contributed by atoms with E-state index in [1.807, 2.05) is 34.6 Å². The molecule has 0 unspecified atom stereocenters. The van der Waals surface area contributed by atoms with Crippen molar-refractivity contribution >= 4 is 5.96 Å². The molecule has 0 radical (unpaired) electrons. The summed E-state index contributed by atoms with van der Waals surface area (Å²) >= 11 is 0. The van der Waals surface area contributed by atoms with Gasteiger partial charge in [0.15, 0.2) is 5.96 Å². The van der Waals surface area contributed by atoms with E-state index in [2.05, 4.69) is 10.3 Å². The zero-order valence-electron chi connectivity index (χ0n) is 13.7. The van der Waals surface area contributed by atoms with E-state index in [0.29, 0.717) is 12.1 Å². The lowest BCUT2D eigenvalue weighted by atomic mass is 9.84. The van der Waals surface area contributed by atoms with Gasteiger partial charge in [-0.15, -0.1) is 0 Å². The van der Waals surface area contributed by atoms with Crippen molar-refractivity contribution in [3.05, 3.63) is 35.4 Å². The summed E-state index contributed by atoms with van der Waals surface area (Å²) in [6.07, 6.45) is -4.35. The first-order valence-electron chi connectivity index (χ1n) is 7.07. The van der Waals surface area contributed by atoms with Crippen molar-refractivity contribution < 1.29 is 13.2 Å². The molecule has 1 aromatic carbocycles. The minimum Gasteiger partial charge on any atom is -0.370 e. The number of aliphatic imine (C=N–C) groups is 1. The number of halogens is 3. The average Bonchev–Trinajstić information content (AvgIpc) is 2.34. The van der Waals surface area contributed by atoms with Gasteiger partial charge in [0.2, 0.25) is 0 Å². The van der Waals surface area contributed by atoms with Crippen LogP contribution in [0.2, 0.25) is 0 Å². The molecule has 0 aliphatic heterocycles. The zero-order chi connectivity index (χ0) is 17.2. The maximum absolute atomic E-state index is 12.8. The number of nitrogens with zero attached hydrogens (tertiary/aromatic N) is 1. The van der Waals surface area contributed by atoms with Crippen LogP contribution >= 0.6 is 0 Å². The van der Waals surface area contributed by atoms with Gasteiger partial charge >= 0.3 is 6.18 Å². The number of nitrogens with one attached hydrogen (secondary N) is 1. The molecule has 1 aromatic rings. The van der Waals surface area contributed by atoms with Gasteiger partial charge < -0.3 is 11.1 Å². The standard InChI is InChI=1S/C16H24F3N3/c1-14(2,3)22-13(20)21-10-15(4,5)11-7-6-8-12(9-11)16(17,18)19/h6-9H,10H2,1-5H3,(H3,20,21,22). The predicted octanol–water partition coefficient (Wildman–Crippen LogP) is 3.69. The third-order valence-electron chi connectivity index (χ3n) is 3.12. The van der Waals surface area contributed by atoms with E-state index in [-0.39, 0.29) is 11.5 Å². The molecule has 22 heavy (non-hydrogen) atoms. The second-order valence-electron chi connectivity index (χ2n) is 7.04. The summed E-state index contributed by atoms with van der Waals surface area (Å²) in [5, 5.41) is 3.03. The molecule has 0 aromatic heterocycles. The predicted molar refractivity (Wildman–Crippen MR) is 83.8 cm³/mol. The smallest absolute Gasteiger partial charge is 0.370 e. The Hall–Kier alpha value is -1.72. The monoisotopic (exact) mass is 315 g/mol. The van der Waals surface area contributed by atoms with Crippen LogP contribution in [-0.2, 0) is 11.6 Å². The summed E-state index contributed by atoms with van der Waals surface area (Å²) in [5.41, 5.74) is 4.97. The first-order valence-corrected chi connectivity index (χ1v) is 7.07. The maximum Gasteiger partial charge on any atom is 0.416 e. The molecule has 0 bridgehead atoms. The van der Waals surface area contributed by atoms with Crippen molar-refractivity contribution in [3.8, 4) is 0 Å². The summed E-state index contributed by atoms with van der Waals surface area (Å²) in [5.74, 6) is 0.285. The Labute approximate surface area is 129 Å². The number of rotatable bonds is 3. The Morgan fingerprint density at radius 1 is 1.09 bits per heavy atom. The largest absolute Gasteiger partial charge is 0.416 e. The Morgan fingerprint density at radius 3 is 2.14 bits per heavy atom. The van der Waals surface area contributed by atoms with Crippen LogP contribution in [-0.4, -0.2) is 18.0 Å². The number of benzene rings is 1. The van der Waals surface area contributed by atoms with Crippen molar-refractivity contribution in [1.29, 1.82) is 0 Å². The molecule has 0 saturated heterocycles. The van der Waals surface area contributed by atoms with Crippen molar-refractivity contribution in [2.45, 2.75) is 51.7 Å². The number of nitrogens with two attached hydrogens (primary N) is 1. The molecule has 0 saturated carbocycles. The summed E-state index contributed by atoms with van der Waals surface area (Å²) in [7, 11) is 0. The molecular formula is C16H24F3N3. The fourth-order valence-electron chi connectivity index (χ4n) is 1.91. The summed E-state index contributed by atoms with van der Waals surface area (Å²) < 4.78 is 38.4. The van der Waals surface area contributed by atoms with Crippen LogP contribution < -0.4 is 11.1 Å². The van der Waals surface area contributed by atoms with Crippen molar-refractivity contribution in [2.75, 3.05) is 6.54 Å². The van der Waals surface area contributed by atoms with E-state index in [9.17, 15) is 13.2 Å². The molecule has 0 aliphatic carbocycles.